The second-order valence-corrected chi connectivity index (χ2v) is 6.10. The Hall–Kier alpha value is -1.27. The number of nitrogens with two attached hydrogens (primary N) is 1. The number of rotatable bonds is 4. The average Bonchev–Trinajstić information content (AvgIpc) is 2.91. The van der Waals surface area contributed by atoms with Crippen molar-refractivity contribution >= 4 is 41.5 Å². The molecule has 0 aliphatic heterocycles. The number of hydrogen-bond donors (Lipinski definition) is 2. The molecule has 0 fully saturated rings. The lowest BCUT2D eigenvalue weighted by molar-refractivity contribution is 0.0910. The molecule has 0 atom stereocenters. The molecule has 2 aromatic rings. The van der Waals surface area contributed by atoms with Gasteiger partial charge in [0, 0.05) is 18.3 Å². The molecule has 1 aromatic heterocycles. The number of halogens is 3. The molecule has 120 valence electrons. The van der Waals surface area contributed by atoms with Gasteiger partial charge < -0.3 is 11.1 Å². The summed E-state index contributed by atoms with van der Waals surface area (Å²) in [6.07, 6.45) is 1.68. The van der Waals surface area contributed by atoms with E-state index in [2.05, 4.69) is 10.4 Å². The maximum absolute atomic E-state index is 12.1. The second-order valence-electron chi connectivity index (χ2n) is 5.29. The van der Waals surface area contributed by atoms with Crippen LogP contribution < -0.4 is 11.1 Å². The predicted molar refractivity (Wildman–Crippen MR) is 91.4 cm³/mol. The highest BCUT2D eigenvalue weighted by molar-refractivity contribution is 6.42. The fraction of sp³-hybridized carbons (Fsp3) is 0.286. The van der Waals surface area contributed by atoms with Crippen molar-refractivity contribution in [3.8, 4) is 5.69 Å². The molecule has 0 saturated heterocycles. The van der Waals surface area contributed by atoms with E-state index in [1.165, 1.54) is 0 Å². The average molecular weight is 364 g/mol. The van der Waals surface area contributed by atoms with E-state index < -0.39 is 5.54 Å². The molecule has 1 aromatic carbocycles. The van der Waals surface area contributed by atoms with Gasteiger partial charge in [0.25, 0.3) is 5.91 Å². The molecule has 8 heteroatoms. The minimum absolute atomic E-state index is 0. The molecule has 1 heterocycles. The van der Waals surface area contributed by atoms with Gasteiger partial charge in [-0.05, 0) is 38.1 Å². The zero-order valence-electron chi connectivity index (χ0n) is 12.1. The van der Waals surface area contributed by atoms with E-state index >= 15 is 0 Å². The minimum atomic E-state index is -0.482. The van der Waals surface area contributed by atoms with Crippen molar-refractivity contribution in [1.29, 1.82) is 0 Å². The molecule has 0 unspecified atom stereocenters. The number of hydrogen-bond acceptors (Lipinski definition) is 3. The quantitative estimate of drug-likeness (QED) is 0.877. The van der Waals surface area contributed by atoms with Gasteiger partial charge in [0.05, 0.1) is 15.7 Å². The van der Waals surface area contributed by atoms with Gasteiger partial charge in [0.1, 0.15) is 0 Å². The monoisotopic (exact) mass is 362 g/mol. The first-order valence-corrected chi connectivity index (χ1v) is 7.12. The van der Waals surface area contributed by atoms with Crippen molar-refractivity contribution < 1.29 is 4.79 Å². The maximum atomic E-state index is 12.1. The molecule has 1 amide bonds. The SMILES string of the molecule is CC(C)(CN)NC(=O)c1ccn(-c2ccc(Cl)c(Cl)c2)n1.Cl. The summed E-state index contributed by atoms with van der Waals surface area (Å²) in [4.78, 5) is 12.1. The normalized spacial score (nSPS) is 11.0. The Labute approximate surface area is 145 Å². The maximum Gasteiger partial charge on any atom is 0.272 e. The molecular formula is C14H17Cl3N4O. The largest absolute Gasteiger partial charge is 0.344 e. The number of amides is 1. The Bertz CT molecular complexity index is 670. The van der Waals surface area contributed by atoms with E-state index in [0.29, 0.717) is 22.3 Å². The summed E-state index contributed by atoms with van der Waals surface area (Å²) in [6, 6.07) is 6.76. The van der Waals surface area contributed by atoms with Crippen LogP contribution in [0.1, 0.15) is 24.3 Å². The number of aromatic nitrogens is 2. The molecular weight excluding hydrogens is 347 g/mol. The smallest absolute Gasteiger partial charge is 0.272 e. The molecule has 0 aliphatic rings. The van der Waals surface area contributed by atoms with Crippen LogP contribution in [0.3, 0.4) is 0 Å². The molecule has 0 radical (unpaired) electrons. The molecule has 5 nitrogen and oxygen atoms in total. The lowest BCUT2D eigenvalue weighted by atomic mass is 10.1. The number of nitrogens with zero attached hydrogens (tertiary/aromatic N) is 2. The fourth-order valence-electron chi connectivity index (χ4n) is 1.64. The standard InChI is InChI=1S/C14H16Cl2N4O.ClH/c1-14(2,8-17)18-13(21)12-5-6-20(19-12)9-3-4-10(15)11(16)7-9;/h3-7H,8,17H2,1-2H3,(H,18,21);1H. The topological polar surface area (TPSA) is 72.9 Å². The molecule has 0 saturated carbocycles. The lowest BCUT2D eigenvalue weighted by Crippen LogP contribution is -2.48. The first-order valence-electron chi connectivity index (χ1n) is 6.36. The number of carbonyl (C=O) groups is 1. The van der Waals surface area contributed by atoms with Gasteiger partial charge in [-0.1, -0.05) is 23.2 Å². The van der Waals surface area contributed by atoms with E-state index in [-0.39, 0.29) is 18.3 Å². The van der Waals surface area contributed by atoms with Crippen LogP contribution in [0.2, 0.25) is 10.0 Å². The lowest BCUT2D eigenvalue weighted by Gasteiger charge is -2.23. The van der Waals surface area contributed by atoms with Crippen molar-refractivity contribution in [2.75, 3.05) is 6.54 Å². The molecule has 0 spiro atoms. The van der Waals surface area contributed by atoms with Crippen molar-refractivity contribution in [3.05, 3.63) is 46.2 Å². The van der Waals surface area contributed by atoms with E-state index in [1.54, 1.807) is 35.1 Å². The third-order valence-corrected chi connectivity index (χ3v) is 3.69. The first-order chi connectivity index (χ1) is 9.82. The second kappa shape index (κ2) is 7.33. The third kappa shape index (κ3) is 4.36. The fourth-order valence-corrected chi connectivity index (χ4v) is 1.93. The Morgan fingerprint density at radius 2 is 2.00 bits per heavy atom. The van der Waals surface area contributed by atoms with E-state index in [0.717, 1.165) is 5.69 Å². The molecule has 2 rings (SSSR count). The summed E-state index contributed by atoms with van der Waals surface area (Å²) in [5, 5.41) is 7.95. The van der Waals surface area contributed by atoms with Gasteiger partial charge >= 0.3 is 0 Å². The van der Waals surface area contributed by atoms with Crippen LogP contribution in [0.25, 0.3) is 5.69 Å². The van der Waals surface area contributed by atoms with Crippen LogP contribution >= 0.6 is 35.6 Å². The predicted octanol–water partition coefficient (Wildman–Crippen LogP) is 3.07. The van der Waals surface area contributed by atoms with Crippen LogP contribution in [-0.4, -0.2) is 27.8 Å². The number of benzene rings is 1. The van der Waals surface area contributed by atoms with E-state index in [4.69, 9.17) is 28.9 Å². The van der Waals surface area contributed by atoms with Crippen LogP contribution in [0, 0.1) is 0 Å². The van der Waals surface area contributed by atoms with Crippen LogP contribution in [0.5, 0.6) is 0 Å². The van der Waals surface area contributed by atoms with Gasteiger partial charge in [-0.3, -0.25) is 4.79 Å². The third-order valence-electron chi connectivity index (χ3n) is 2.95. The van der Waals surface area contributed by atoms with Gasteiger partial charge in [-0.15, -0.1) is 12.4 Å². The highest BCUT2D eigenvalue weighted by Crippen LogP contribution is 2.24. The Balaban J connectivity index is 0.00000242. The summed E-state index contributed by atoms with van der Waals surface area (Å²) in [7, 11) is 0. The van der Waals surface area contributed by atoms with Crippen LogP contribution in [0.4, 0.5) is 0 Å². The van der Waals surface area contributed by atoms with Gasteiger partial charge in [0.15, 0.2) is 5.69 Å². The van der Waals surface area contributed by atoms with Gasteiger partial charge in [-0.25, -0.2) is 4.68 Å². The molecule has 22 heavy (non-hydrogen) atoms. The molecule has 0 bridgehead atoms. The van der Waals surface area contributed by atoms with Crippen molar-refractivity contribution in [2.45, 2.75) is 19.4 Å². The Morgan fingerprint density at radius 1 is 1.32 bits per heavy atom. The zero-order chi connectivity index (χ0) is 15.6. The number of nitrogens with one attached hydrogen (secondary N) is 1. The van der Waals surface area contributed by atoms with E-state index in [1.807, 2.05) is 13.8 Å². The Kier molecular flexibility index (Phi) is 6.26. The highest BCUT2D eigenvalue weighted by Gasteiger charge is 2.20. The minimum Gasteiger partial charge on any atom is -0.344 e. The Morgan fingerprint density at radius 3 is 2.59 bits per heavy atom. The zero-order valence-corrected chi connectivity index (χ0v) is 14.5. The first kappa shape index (κ1) is 18.8. The van der Waals surface area contributed by atoms with E-state index in [9.17, 15) is 4.79 Å². The summed E-state index contributed by atoms with van der Waals surface area (Å²) in [6.45, 7) is 4.04. The highest BCUT2D eigenvalue weighted by atomic mass is 35.5. The van der Waals surface area contributed by atoms with Crippen LogP contribution in [-0.2, 0) is 0 Å². The van der Waals surface area contributed by atoms with Crippen molar-refractivity contribution in [3.63, 3.8) is 0 Å². The summed E-state index contributed by atoms with van der Waals surface area (Å²) in [5.74, 6) is -0.274. The van der Waals surface area contributed by atoms with Gasteiger partial charge in [0.2, 0.25) is 0 Å². The summed E-state index contributed by atoms with van der Waals surface area (Å²) < 4.78 is 1.56. The van der Waals surface area contributed by atoms with Crippen LogP contribution in [0.15, 0.2) is 30.5 Å². The van der Waals surface area contributed by atoms with Crippen molar-refractivity contribution in [2.24, 2.45) is 5.73 Å². The van der Waals surface area contributed by atoms with Gasteiger partial charge in [-0.2, -0.15) is 5.10 Å². The van der Waals surface area contributed by atoms with Crippen molar-refractivity contribution in [1.82, 2.24) is 15.1 Å². The summed E-state index contributed by atoms with van der Waals surface area (Å²) >= 11 is 11.8. The summed E-state index contributed by atoms with van der Waals surface area (Å²) in [5.41, 5.74) is 6.14. The molecule has 3 N–H and O–H groups in total. The molecule has 0 aliphatic carbocycles. The number of carbonyl (C=O) groups excluding carboxylic acids is 1.